The maximum atomic E-state index is 5.24. The number of pyridine rings is 1. The summed E-state index contributed by atoms with van der Waals surface area (Å²) in [4.78, 5) is 4.21. The second-order valence-electron chi connectivity index (χ2n) is 3.07. The molecule has 0 spiro atoms. The van der Waals surface area contributed by atoms with Crippen LogP contribution in [0.4, 0.5) is 0 Å². The van der Waals surface area contributed by atoms with Crippen molar-refractivity contribution in [1.82, 2.24) is 10.3 Å². The van der Waals surface area contributed by atoms with Crippen LogP contribution in [0.2, 0.25) is 0 Å². The van der Waals surface area contributed by atoms with Gasteiger partial charge in [-0.25, -0.2) is 4.98 Å². The molecule has 13 heavy (non-hydrogen) atoms. The van der Waals surface area contributed by atoms with Crippen LogP contribution in [-0.4, -0.2) is 25.2 Å². The van der Waals surface area contributed by atoms with E-state index in [1.165, 1.54) is 9.13 Å². The van der Waals surface area contributed by atoms with Crippen LogP contribution in [0.3, 0.4) is 0 Å². The fraction of sp³-hybridized carbons (Fsp3) is 0.444. The highest BCUT2D eigenvalue weighted by molar-refractivity contribution is 14.1. The van der Waals surface area contributed by atoms with Gasteiger partial charge in [0.2, 0.25) is 5.88 Å². The van der Waals surface area contributed by atoms with Crippen molar-refractivity contribution in [3.05, 3.63) is 21.4 Å². The molecule has 1 aliphatic rings. The largest absolute Gasteiger partial charge is 0.481 e. The number of halogens is 1. The average Bonchev–Trinajstić information content (AvgIpc) is 2.05. The highest BCUT2D eigenvalue weighted by Gasteiger charge is 2.25. The van der Waals surface area contributed by atoms with Gasteiger partial charge in [0.05, 0.1) is 7.11 Å². The number of rotatable bonds is 2. The molecule has 2 rings (SSSR count). The summed E-state index contributed by atoms with van der Waals surface area (Å²) >= 11 is 2.33. The number of aromatic nitrogens is 1. The molecule has 1 aromatic rings. The van der Waals surface area contributed by atoms with Crippen molar-refractivity contribution in [2.45, 2.75) is 5.92 Å². The first-order valence-electron chi connectivity index (χ1n) is 4.22. The van der Waals surface area contributed by atoms with Crippen LogP contribution in [-0.2, 0) is 0 Å². The van der Waals surface area contributed by atoms with E-state index in [-0.39, 0.29) is 0 Å². The highest BCUT2D eigenvalue weighted by atomic mass is 127. The van der Waals surface area contributed by atoms with Crippen molar-refractivity contribution in [3.8, 4) is 5.88 Å². The van der Waals surface area contributed by atoms with Gasteiger partial charge in [0, 0.05) is 34.3 Å². The molecule has 0 bridgehead atoms. The van der Waals surface area contributed by atoms with Gasteiger partial charge < -0.3 is 10.1 Å². The van der Waals surface area contributed by atoms with E-state index >= 15 is 0 Å². The molecule has 1 N–H and O–H groups in total. The second-order valence-corrected chi connectivity index (χ2v) is 4.23. The van der Waals surface area contributed by atoms with Gasteiger partial charge in [-0.1, -0.05) is 0 Å². The van der Waals surface area contributed by atoms with Crippen molar-refractivity contribution < 1.29 is 4.74 Å². The van der Waals surface area contributed by atoms with E-state index < -0.39 is 0 Å². The molecule has 2 heterocycles. The first-order valence-corrected chi connectivity index (χ1v) is 5.30. The van der Waals surface area contributed by atoms with Crippen LogP contribution >= 0.6 is 22.6 Å². The van der Waals surface area contributed by atoms with Gasteiger partial charge in [-0.3, -0.25) is 0 Å². The number of methoxy groups -OCH3 is 1. The van der Waals surface area contributed by atoms with Crippen LogP contribution in [0, 0.1) is 3.57 Å². The Balaban J connectivity index is 2.39. The van der Waals surface area contributed by atoms with Gasteiger partial charge in [0.25, 0.3) is 0 Å². The standard InChI is InChI=1S/C9H11IN2O/c1-13-9-8(6-4-11-5-6)7(10)2-3-12-9/h2-3,6,11H,4-5H2,1H3. The van der Waals surface area contributed by atoms with E-state index in [0.29, 0.717) is 5.92 Å². The number of nitrogens with zero attached hydrogens (tertiary/aromatic N) is 1. The molecule has 0 atom stereocenters. The van der Waals surface area contributed by atoms with E-state index in [1.807, 2.05) is 6.07 Å². The summed E-state index contributed by atoms with van der Waals surface area (Å²) in [5.74, 6) is 1.36. The molecule has 0 saturated carbocycles. The molecular weight excluding hydrogens is 279 g/mol. The summed E-state index contributed by atoms with van der Waals surface area (Å²) in [5, 5.41) is 3.25. The number of hydrogen-bond donors (Lipinski definition) is 1. The lowest BCUT2D eigenvalue weighted by Gasteiger charge is -2.28. The molecule has 1 aromatic heterocycles. The first kappa shape index (κ1) is 9.21. The predicted octanol–water partition coefficient (Wildman–Crippen LogP) is 1.38. The van der Waals surface area contributed by atoms with Gasteiger partial charge in [-0.15, -0.1) is 0 Å². The van der Waals surface area contributed by atoms with E-state index in [9.17, 15) is 0 Å². The molecule has 0 radical (unpaired) electrons. The van der Waals surface area contributed by atoms with Crippen molar-refractivity contribution in [3.63, 3.8) is 0 Å². The van der Waals surface area contributed by atoms with Crippen molar-refractivity contribution in [2.75, 3.05) is 20.2 Å². The number of ether oxygens (including phenoxy) is 1. The number of nitrogens with one attached hydrogen (secondary N) is 1. The summed E-state index contributed by atoms with van der Waals surface area (Å²) in [6, 6.07) is 2.02. The molecule has 1 aliphatic heterocycles. The third-order valence-corrected chi connectivity index (χ3v) is 3.22. The fourth-order valence-corrected chi connectivity index (χ4v) is 2.29. The van der Waals surface area contributed by atoms with Crippen LogP contribution in [0.25, 0.3) is 0 Å². The maximum absolute atomic E-state index is 5.24. The molecule has 1 fully saturated rings. The van der Waals surface area contributed by atoms with Crippen molar-refractivity contribution in [2.24, 2.45) is 0 Å². The zero-order valence-electron chi connectivity index (χ0n) is 7.38. The van der Waals surface area contributed by atoms with Crippen molar-refractivity contribution in [1.29, 1.82) is 0 Å². The van der Waals surface area contributed by atoms with E-state index in [1.54, 1.807) is 13.3 Å². The molecule has 0 aromatic carbocycles. The Morgan fingerprint density at radius 1 is 1.62 bits per heavy atom. The van der Waals surface area contributed by atoms with Gasteiger partial charge in [0.1, 0.15) is 0 Å². The molecule has 3 nitrogen and oxygen atoms in total. The first-order chi connectivity index (χ1) is 6.33. The SMILES string of the molecule is COc1nccc(I)c1C1CNC1. The van der Waals surface area contributed by atoms with Gasteiger partial charge in [-0.2, -0.15) is 0 Å². The summed E-state index contributed by atoms with van der Waals surface area (Å²) in [6.45, 7) is 2.08. The highest BCUT2D eigenvalue weighted by Crippen LogP contribution is 2.31. The Morgan fingerprint density at radius 3 is 2.92 bits per heavy atom. The summed E-state index contributed by atoms with van der Waals surface area (Å²) in [5.41, 5.74) is 1.25. The molecule has 0 aliphatic carbocycles. The van der Waals surface area contributed by atoms with E-state index in [4.69, 9.17) is 4.74 Å². The summed E-state index contributed by atoms with van der Waals surface area (Å²) < 4.78 is 6.49. The van der Waals surface area contributed by atoms with E-state index in [0.717, 1.165) is 19.0 Å². The minimum absolute atomic E-state index is 0.579. The minimum Gasteiger partial charge on any atom is -0.481 e. The Hall–Kier alpha value is -0.360. The van der Waals surface area contributed by atoms with Gasteiger partial charge in [-0.05, 0) is 28.7 Å². The smallest absolute Gasteiger partial charge is 0.217 e. The summed E-state index contributed by atoms with van der Waals surface area (Å²) in [6.07, 6.45) is 1.79. The van der Waals surface area contributed by atoms with Crippen LogP contribution in [0.5, 0.6) is 5.88 Å². The molecule has 1 saturated heterocycles. The molecular formula is C9H11IN2O. The second kappa shape index (κ2) is 3.79. The van der Waals surface area contributed by atoms with Crippen LogP contribution in [0.1, 0.15) is 11.5 Å². The van der Waals surface area contributed by atoms with Gasteiger partial charge in [0.15, 0.2) is 0 Å². The third kappa shape index (κ3) is 1.65. The summed E-state index contributed by atoms with van der Waals surface area (Å²) in [7, 11) is 1.67. The lowest BCUT2D eigenvalue weighted by Crippen LogP contribution is -2.40. The Labute approximate surface area is 91.0 Å². The molecule has 4 heteroatoms. The zero-order valence-corrected chi connectivity index (χ0v) is 9.54. The third-order valence-electron chi connectivity index (χ3n) is 2.28. The monoisotopic (exact) mass is 290 g/mol. The van der Waals surface area contributed by atoms with Crippen LogP contribution in [0.15, 0.2) is 12.3 Å². The molecule has 0 unspecified atom stereocenters. The lowest BCUT2D eigenvalue weighted by molar-refractivity contribution is 0.370. The zero-order chi connectivity index (χ0) is 9.26. The molecule has 70 valence electrons. The lowest BCUT2D eigenvalue weighted by atomic mass is 9.95. The minimum atomic E-state index is 0.579. The number of hydrogen-bond acceptors (Lipinski definition) is 3. The predicted molar refractivity (Wildman–Crippen MR) is 59.1 cm³/mol. The normalized spacial score (nSPS) is 16.8. The topological polar surface area (TPSA) is 34.1 Å². The van der Waals surface area contributed by atoms with Crippen molar-refractivity contribution >= 4 is 22.6 Å². The molecule has 0 amide bonds. The fourth-order valence-electron chi connectivity index (χ4n) is 1.46. The van der Waals surface area contributed by atoms with E-state index in [2.05, 4.69) is 32.9 Å². The Kier molecular flexibility index (Phi) is 2.69. The Morgan fingerprint density at radius 2 is 2.38 bits per heavy atom. The maximum Gasteiger partial charge on any atom is 0.217 e. The van der Waals surface area contributed by atoms with Crippen LogP contribution < -0.4 is 10.1 Å². The quantitative estimate of drug-likeness (QED) is 0.836. The Bertz CT molecular complexity index is 312. The average molecular weight is 290 g/mol. The van der Waals surface area contributed by atoms with Gasteiger partial charge >= 0.3 is 0 Å².